The van der Waals surface area contributed by atoms with E-state index in [0.717, 1.165) is 5.56 Å². The first-order chi connectivity index (χ1) is 16.2. The molecule has 35 heavy (non-hydrogen) atoms. The Morgan fingerprint density at radius 1 is 1.11 bits per heavy atom. The third-order valence-corrected chi connectivity index (χ3v) is 4.80. The number of nitrogens with zero attached hydrogens (tertiary/aromatic N) is 2. The second kappa shape index (κ2) is 12.3. The molecule has 2 aromatic carbocycles. The normalized spacial score (nSPS) is 10.4. The summed E-state index contributed by atoms with van der Waals surface area (Å²) in [5.41, 5.74) is 5.74. The van der Waals surface area contributed by atoms with Gasteiger partial charge >= 0.3 is 5.97 Å². The van der Waals surface area contributed by atoms with E-state index in [9.17, 15) is 9.59 Å². The first-order valence-electron chi connectivity index (χ1n) is 10.3. The highest BCUT2D eigenvalue weighted by Gasteiger charge is 2.24. The number of carbonyl (C=O) groups excluding carboxylic acids is 1. The maximum Gasteiger partial charge on any atom is 0.320 e. The molecule has 0 saturated heterocycles. The van der Waals surface area contributed by atoms with Crippen LogP contribution in [0.2, 0.25) is 5.02 Å². The van der Waals surface area contributed by atoms with Crippen LogP contribution in [0.5, 0.6) is 11.5 Å². The minimum Gasteiger partial charge on any atom is -0.493 e. The van der Waals surface area contributed by atoms with Gasteiger partial charge in [0.2, 0.25) is 0 Å². The van der Waals surface area contributed by atoms with Gasteiger partial charge in [-0.2, -0.15) is 0 Å². The number of carbonyl (C=O) groups is 1. The Hall–Kier alpha value is -3.51. The van der Waals surface area contributed by atoms with Crippen molar-refractivity contribution in [1.29, 1.82) is 0 Å². The van der Waals surface area contributed by atoms with Gasteiger partial charge in [0, 0.05) is 22.7 Å². The number of hydrogen-bond donors (Lipinski definition) is 1. The first-order valence-corrected chi connectivity index (χ1v) is 10.7. The van der Waals surface area contributed by atoms with Gasteiger partial charge in [-0.1, -0.05) is 17.5 Å². The van der Waals surface area contributed by atoms with Gasteiger partial charge in [0.05, 0.1) is 19.3 Å². The monoisotopic (exact) mass is 517 g/mol. The molecule has 0 radical (unpaired) electrons. The van der Waals surface area contributed by atoms with E-state index in [0.29, 0.717) is 27.9 Å². The first kappa shape index (κ1) is 27.7. The molecule has 0 spiro atoms. The highest BCUT2D eigenvalue weighted by atomic mass is 35.5. The molecule has 3 aromatic rings. The molecule has 0 bridgehead atoms. The van der Waals surface area contributed by atoms with Crippen LogP contribution in [0.15, 0.2) is 59.7 Å². The highest BCUT2D eigenvalue weighted by Crippen LogP contribution is 2.30. The Kier molecular flexibility index (Phi) is 9.72. The number of aromatic nitrogens is 2. The summed E-state index contributed by atoms with van der Waals surface area (Å²) in [6.45, 7) is 3.29. The Labute approximate surface area is 214 Å². The number of esters is 1. The summed E-state index contributed by atoms with van der Waals surface area (Å²) in [4.78, 5) is 28.4. The fourth-order valence-electron chi connectivity index (χ4n) is 2.89. The average molecular weight is 518 g/mol. The van der Waals surface area contributed by atoms with Gasteiger partial charge in [0.25, 0.3) is 5.56 Å². The predicted molar refractivity (Wildman–Crippen MR) is 136 cm³/mol. The van der Waals surface area contributed by atoms with Crippen molar-refractivity contribution >= 4 is 30.0 Å². The molecule has 0 saturated carbocycles. The standard InChI is InChI=1S/C25H24ClN3O5.ClH/c1-25(2,34-24(31)14-27)15-33-21-11-10-20(13-22(21)32-3)29-16-28-19(12-23(29)30)9-6-17-4-7-18(26)8-5-17;/h4-5,7-8,10-13,16H,14-15,27H2,1-3H3;1H. The topological polar surface area (TPSA) is 106 Å². The van der Waals surface area contributed by atoms with Crippen LogP contribution in [0.25, 0.3) is 5.69 Å². The number of nitrogens with two attached hydrogens (primary N) is 1. The molecule has 3 rings (SSSR count). The molecule has 2 N–H and O–H groups in total. The Bertz CT molecular complexity index is 1290. The van der Waals surface area contributed by atoms with E-state index in [1.165, 1.54) is 24.1 Å². The summed E-state index contributed by atoms with van der Waals surface area (Å²) in [5, 5.41) is 0.622. The van der Waals surface area contributed by atoms with Gasteiger partial charge in [-0.25, -0.2) is 4.98 Å². The molecule has 0 atom stereocenters. The molecular weight excluding hydrogens is 493 g/mol. The van der Waals surface area contributed by atoms with Crippen molar-refractivity contribution in [2.45, 2.75) is 19.4 Å². The molecule has 0 aliphatic carbocycles. The van der Waals surface area contributed by atoms with Gasteiger partial charge < -0.3 is 19.9 Å². The molecule has 1 heterocycles. The summed E-state index contributed by atoms with van der Waals surface area (Å²) < 4.78 is 17.8. The second-order valence-corrected chi connectivity index (χ2v) is 8.24. The molecule has 0 unspecified atom stereocenters. The van der Waals surface area contributed by atoms with E-state index in [1.54, 1.807) is 56.3 Å². The molecule has 0 fully saturated rings. The van der Waals surface area contributed by atoms with E-state index < -0.39 is 11.6 Å². The van der Waals surface area contributed by atoms with E-state index in [1.807, 2.05) is 0 Å². The molecule has 0 amide bonds. The van der Waals surface area contributed by atoms with Crippen molar-refractivity contribution in [1.82, 2.24) is 9.55 Å². The maximum atomic E-state index is 12.7. The third kappa shape index (κ3) is 7.76. The van der Waals surface area contributed by atoms with Crippen molar-refractivity contribution < 1.29 is 19.0 Å². The van der Waals surface area contributed by atoms with Gasteiger partial charge in [-0.05, 0) is 56.2 Å². The molecule has 0 aliphatic heterocycles. The van der Waals surface area contributed by atoms with Gasteiger partial charge in [0.1, 0.15) is 24.2 Å². The third-order valence-electron chi connectivity index (χ3n) is 4.55. The van der Waals surface area contributed by atoms with Crippen molar-refractivity contribution in [2.24, 2.45) is 5.73 Å². The zero-order chi connectivity index (χ0) is 24.7. The molecule has 1 aromatic heterocycles. The van der Waals surface area contributed by atoms with Crippen LogP contribution in [-0.4, -0.2) is 41.4 Å². The molecule has 10 heteroatoms. The quantitative estimate of drug-likeness (QED) is 0.378. The van der Waals surface area contributed by atoms with Crippen LogP contribution in [0.4, 0.5) is 0 Å². The van der Waals surface area contributed by atoms with Crippen LogP contribution in [0.1, 0.15) is 25.1 Å². The van der Waals surface area contributed by atoms with Crippen LogP contribution < -0.4 is 20.8 Å². The van der Waals surface area contributed by atoms with Crippen molar-refractivity contribution in [3.63, 3.8) is 0 Å². The summed E-state index contributed by atoms with van der Waals surface area (Å²) in [5.74, 6) is 6.12. The number of rotatable bonds is 7. The Morgan fingerprint density at radius 2 is 1.83 bits per heavy atom. The van der Waals surface area contributed by atoms with Crippen molar-refractivity contribution in [3.8, 4) is 29.0 Å². The largest absolute Gasteiger partial charge is 0.493 e. The molecule has 8 nitrogen and oxygen atoms in total. The molecule has 0 aliphatic rings. The van der Waals surface area contributed by atoms with Gasteiger partial charge in [0.15, 0.2) is 11.5 Å². The fourth-order valence-corrected chi connectivity index (χ4v) is 3.01. The summed E-state index contributed by atoms with van der Waals surface area (Å²) in [6, 6.07) is 13.4. The number of ether oxygens (including phenoxy) is 3. The molecular formula is C25H25Cl2N3O5. The number of halogens is 2. The van der Waals surface area contributed by atoms with Crippen LogP contribution in [0, 0.1) is 11.8 Å². The Balaban J connectivity index is 0.00000432. The predicted octanol–water partition coefficient (Wildman–Crippen LogP) is 3.38. The van der Waals surface area contributed by atoms with Gasteiger partial charge in [-0.3, -0.25) is 14.2 Å². The zero-order valence-electron chi connectivity index (χ0n) is 19.4. The lowest BCUT2D eigenvalue weighted by Crippen LogP contribution is -2.37. The Morgan fingerprint density at radius 3 is 2.46 bits per heavy atom. The minimum absolute atomic E-state index is 0. The smallest absolute Gasteiger partial charge is 0.320 e. The fraction of sp³-hybridized carbons (Fsp3) is 0.240. The lowest BCUT2D eigenvalue weighted by Gasteiger charge is -2.25. The van der Waals surface area contributed by atoms with Crippen LogP contribution >= 0.6 is 24.0 Å². The zero-order valence-corrected chi connectivity index (χ0v) is 21.0. The number of methoxy groups -OCH3 is 1. The van der Waals surface area contributed by atoms with Crippen LogP contribution in [0.3, 0.4) is 0 Å². The summed E-state index contributed by atoms with van der Waals surface area (Å²) >= 11 is 5.87. The lowest BCUT2D eigenvalue weighted by molar-refractivity contribution is -0.157. The van der Waals surface area contributed by atoms with E-state index in [-0.39, 0.29) is 31.1 Å². The summed E-state index contributed by atoms with van der Waals surface area (Å²) in [6.07, 6.45) is 1.40. The highest BCUT2D eigenvalue weighted by molar-refractivity contribution is 6.30. The second-order valence-electron chi connectivity index (χ2n) is 7.80. The van der Waals surface area contributed by atoms with Crippen molar-refractivity contribution in [3.05, 3.63) is 81.5 Å². The summed E-state index contributed by atoms with van der Waals surface area (Å²) in [7, 11) is 1.49. The van der Waals surface area contributed by atoms with Crippen molar-refractivity contribution in [2.75, 3.05) is 20.3 Å². The van der Waals surface area contributed by atoms with E-state index >= 15 is 0 Å². The van der Waals surface area contributed by atoms with E-state index in [2.05, 4.69) is 16.8 Å². The minimum atomic E-state index is -0.885. The van der Waals surface area contributed by atoms with Crippen LogP contribution in [-0.2, 0) is 9.53 Å². The maximum absolute atomic E-state index is 12.7. The number of benzene rings is 2. The SMILES string of the molecule is COc1cc(-n2cnc(C#Cc3ccc(Cl)cc3)cc2=O)ccc1OCC(C)(C)OC(=O)CN.Cl. The van der Waals surface area contributed by atoms with E-state index in [4.69, 9.17) is 31.5 Å². The van der Waals surface area contributed by atoms with Gasteiger partial charge in [-0.15, -0.1) is 12.4 Å². The number of hydrogen-bond acceptors (Lipinski definition) is 7. The molecule has 184 valence electrons. The average Bonchev–Trinajstić information content (AvgIpc) is 2.82. The lowest BCUT2D eigenvalue weighted by atomic mass is 10.1.